The van der Waals surface area contributed by atoms with Crippen LogP contribution in [0.15, 0.2) is 34.4 Å². The number of nitrogens with one attached hydrogen (secondary N) is 2. The second-order valence-electron chi connectivity index (χ2n) is 5.38. The van der Waals surface area contributed by atoms with Gasteiger partial charge in [0, 0.05) is 18.9 Å². The number of hydrogen-bond acceptors (Lipinski definition) is 6. The Hall–Kier alpha value is -2.48. The summed E-state index contributed by atoms with van der Waals surface area (Å²) in [6.45, 7) is 0.789. The van der Waals surface area contributed by atoms with Crippen LogP contribution in [0.5, 0.6) is 5.88 Å². The second-order valence-corrected chi connectivity index (χ2v) is 5.78. The van der Waals surface area contributed by atoms with Gasteiger partial charge in [0.15, 0.2) is 4.77 Å². The first-order chi connectivity index (χ1) is 11.1. The topological polar surface area (TPSA) is 97.4 Å². The van der Waals surface area contributed by atoms with Gasteiger partial charge in [-0.15, -0.1) is 0 Å². The van der Waals surface area contributed by atoms with Gasteiger partial charge in [-0.3, -0.25) is 19.8 Å². The van der Waals surface area contributed by atoms with Crippen molar-refractivity contribution >= 4 is 18.4 Å². The van der Waals surface area contributed by atoms with Crippen LogP contribution in [-0.4, -0.2) is 37.8 Å². The number of H-pyrrole nitrogens is 2. The summed E-state index contributed by atoms with van der Waals surface area (Å²) in [5, 5.41) is 16.2. The van der Waals surface area contributed by atoms with E-state index < -0.39 is 5.56 Å². The third kappa shape index (κ3) is 3.48. The molecule has 2 aromatic rings. The van der Waals surface area contributed by atoms with Crippen LogP contribution in [-0.2, 0) is 0 Å². The summed E-state index contributed by atoms with van der Waals surface area (Å²) in [5.41, 5.74) is 0.689. The van der Waals surface area contributed by atoms with Crippen molar-refractivity contribution in [3.8, 4) is 5.88 Å². The number of hydrazone groups is 1. The van der Waals surface area contributed by atoms with Gasteiger partial charge in [0.2, 0.25) is 5.88 Å². The van der Waals surface area contributed by atoms with Crippen LogP contribution in [0.3, 0.4) is 0 Å². The smallest absolute Gasteiger partial charge is 0.264 e. The fourth-order valence-electron chi connectivity index (χ4n) is 2.70. The van der Waals surface area contributed by atoms with Gasteiger partial charge in [-0.25, -0.2) is 0 Å². The molecule has 23 heavy (non-hydrogen) atoms. The molecule has 3 N–H and O–H groups in total. The predicted molar refractivity (Wildman–Crippen MR) is 89.0 cm³/mol. The quantitative estimate of drug-likeness (QED) is 0.591. The fraction of sp³-hybridized carbons (Fsp3) is 0.333. The Morgan fingerprint density at radius 3 is 3.04 bits per heavy atom. The Bertz CT molecular complexity index is 815. The van der Waals surface area contributed by atoms with Gasteiger partial charge in [0.25, 0.3) is 5.56 Å². The molecular weight excluding hydrogens is 314 g/mol. The first kappa shape index (κ1) is 15.4. The molecule has 0 aliphatic carbocycles. The van der Waals surface area contributed by atoms with E-state index in [1.807, 2.05) is 23.3 Å². The summed E-state index contributed by atoms with van der Waals surface area (Å²) in [4.78, 5) is 21.0. The maximum absolute atomic E-state index is 11.9. The van der Waals surface area contributed by atoms with Crippen molar-refractivity contribution in [1.82, 2.24) is 20.0 Å². The number of aromatic amines is 2. The van der Waals surface area contributed by atoms with Crippen LogP contribution in [0.1, 0.15) is 36.4 Å². The Balaban J connectivity index is 1.88. The van der Waals surface area contributed by atoms with E-state index in [4.69, 9.17) is 12.2 Å². The van der Waals surface area contributed by atoms with Crippen LogP contribution in [0.4, 0.5) is 0 Å². The Morgan fingerprint density at radius 2 is 2.30 bits per heavy atom. The van der Waals surface area contributed by atoms with E-state index in [1.165, 1.54) is 6.21 Å². The number of aromatic nitrogens is 3. The average molecular weight is 331 g/mol. The number of piperidine rings is 1. The molecule has 1 aliphatic heterocycles. The summed E-state index contributed by atoms with van der Waals surface area (Å²) >= 11 is 4.81. The molecule has 0 saturated carbocycles. The number of nitrogens with zero attached hydrogens (tertiary/aromatic N) is 3. The van der Waals surface area contributed by atoms with Crippen LogP contribution >= 0.6 is 12.2 Å². The summed E-state index contributed by atoms with van der Waals surface area (Å²) in [6.07, 6.45) is 8.08. The van der Waals surface area contributed by atoms with E-state index in [9.17, 15) is 9.90 Å². The average Bonchev–Trinajstić information content (AvgIpc) is 2.55. The minimum Gasteiger partial charge on any atom is -0.494 e. The Kier molecular flexibility index (Phi) is 4.52. The first-order valence-corrected chi connectivity index (χ1v) is 7.82. The monoisotopic (exact) mass is 331 g/mol. The third-order valence-electron chi connectivity index (χ3n) is 3.84. The molecule has 0 amide bonds. The van der Waals surface area contributed by atoms with Crippen molar-refractivity contribution < 1.29 is 5.11 Å². The van der Waals surface area contributed by atoms with Crippen molar-refractivity contribution in [3.05, 3.63) is 50.8 Å². The molecule has 1 saturated heterocycles. The molecule has 1 aliphatic rings. The molecule has 120 valence electrons. The number of pyridine rings is 1. The summed E-state index contributed by atoms with van der Waals surface area (Å²) in [6, 6.07) is 4.05. The molecule has 3 rings (SSSR count). The van der Waals surface area contributed by atoms with Gasteiger partial charge in [0.1, 0.15) is 5.56 Å². The van der Waals surface area contributed by atoms with Crippen molar-refractivity contribution in [3.63, 3.8) is 0 Å². The third-order valence-corrected chi connectivity index (χ3v) is 4.04. The number of rotatable bonds is 3. The summed E-state index contributed by atoms with van der Waals surface area (Å²) in [5.74, 6) is -0.280. The van der Waals surface area contributed by atoms with Gasteiger partial charge in [-0.2, -0.15) is 5.10 Å². The minimum atomic E-state index is -0.468. The van der Waals surface area contributed by atoms with E-state index in [0.717, 1.165) is 31.4 Å². The van der Waals surface area contributed by atoms with E-state index in [1.54, 1.807) is 6.20 Å². The SMILES string of the molecule is O=c1[nH]c(=S)[nH]c(O)c1C=NN1CCCC[C@H]1c1cccnc1. The van der Waals surface area contributed by atoms with Crippen molar-refractivity contribution in [1.29, 1.82) is 0 Å². The molecule has 0 bridgehead atoms. The molecule has 0 spiro atoms. The molecule has 0 unspecified atom stereocenters. The highest BCUT2D eigenvalue weighted by Crippen LogP contribution is 2.30. The lowest BCUT2D eigenvalue weighted by molar-refractivity contribution is 0.156. The van der Waals surface area contributed by atoms with E-state index in [0.29, 0.717) is 0 Å². The standard InChI is InChI=1S/C15H17N5O2S/c21-13-11(14(22)19-15(23)18-13)9-17-20-7-2-1-5-12(20)10-4-3-6-16-8-10/h3-4,6,8-9,12H,1-2,5,7H2,(H3,18,19,21,22,23)/t12-/m0/s1. The van der Waals surface area contributed by atoms with Crippen LogP contribution in [0.25, 0.3) is 0 Å². The van der Waals surface area contributed by atoms with Gasteiger partial charge >= 0.3 is 0 Å². The lowest BCUT2D eigenvalue weighted by Crippen LogP contribution is -2.29. The largest absolute Gasteiger partial charge is 0.494 e. The Labute approximate surface area is 137 Å². The van der Waals surface area contributed by atoms with E-state index in [-0.39, 0.29) is 22.3 Å². The zero-order chi connectivity index (χ0) is 16.2. The van der Waals surface area contributed by atoms with Gasteiger partial charge in [-0.05, 0) is 43.1 Å². The van der Waals surface area contributed by atoms with Gasteiger partial charge in [0.05, 0.1) is 12.3 Å². The molecule has 2 aromatic heterocycles. The number of hydrogen-bond donors (Lipinski definition) is 3. The van der Waals surface area contributed by atoms with Crippen molar-refractivity contribution in [2.75, 3.05) is 6.54 Å². The number of aromatic hydroxyl groups is 1. The Morgan fingerprint density at radius 1 is 1.43 bits per heavy atom. The summed E-state index contributed by atoms with van der Waals surface area (Å²) in [7, 11) is 0. The normalized spacial score (nSPS) is 18.4. The molecule has 0 aromatic carbocycles. The molecule has 1 atom stereocenters. The van der Waals surface area contributed by atoms with Gasteiger partial charge < -0.3 is 10.1 Å². The molecule has 1 fully saturated rings. The zero-order valence-electron chi connectivity index (χ0n) is 12.4. The highest BCUT2D eigenvalue weighted by atomic mass is 32.1. The molecule has 3 heterocycles. The van der Waals surface area contributed by atoms with Gasteiger partial charge in [-0.1, -0.05) is 6.07 Å². The fourth-order valence-corrected chi connectivity index (χ4v) is 2.89. The molecular formula is C15H17N5O2S. The summed E-state index contributed by atoms with van der Waals surface area (Å²) < 4.78 is 0.0795. The lowest BCUT2D eigenvalue weighted by atomic mass is 9.98. The second kappa shape index (κ2) is 6.74. The zero-order valence-corrected chi connectivity index (χ0v) is 13.2. The molecule has 7 nitrogen and oxygen atoms in total. The van der Waals surface area contributed by atoms with E-state index in [2.05, 4.69) is 20.1 Å². The lowest BCUT2D eigenvalue weighted by Gasteiger charge is -2.33. The maximum Gasteiger partial charge on any atom is 0.264 e. The highest BCUT2D eigenvalue weighted by Gasteiger charge is 2.22. The predicted octanol–water partition coefficient (Wildman–Crippen LogP) is 2.09. The molecule has 0 radical (unpaired) electrons. The van der Waals surface area contributed by atoms with Crippen LogP contribution in [0.2, 0.25) is 0 Å². The minimum absolute atomic E-state index is 0.0640. The highest BCUT2D eigenvalue weighted by molar-refractivity contribution is 7.71. The molecule has 8 heteroatoms. The van der Waals surface area contributed by atoms with Crippen LogP contribution in [0, 0.1) is 4.77 Å². The van der Waals surface area contributed by atoms with Crippen LogP contribution < -0.4 is 5.56 Å². The first-order valence-electron chi connectivity index (χ1n) is 7.41. The van der Waals surface area contributed by atoms with E-state index >= 15 is 0 Å². The van der Waals surface area contributed by atoms with Crippen molar-refractivity contribution in [2.24, 2.45) is 5.10 Å². The maximum atomic E-state index is 11.9. The van der Waals surface area contributed by atoms with Crippen molar-refractivity contribution in [2.45, 2.75) is 25.3 Å².